The molecule has 1 aromatic rings. The summed E-state index contributed by atoms with van der Waals surface area (Å²) in [4.78, 5) is 14.7. The van der Waals surface area contributed by atoms with Crippen LogP contribution in [0.15, 0.2) is 29.2 Å². The Kier molecular flexibility index (Phi) is 6.20. The van der Waals surface area contributed by atoms with Gasteiger partial charge < -0.3 is 14.4 Å². The number of sulfonamides is 1. The Morgan fingerprint density at radius 2 is 1.74 bits per heavy atom. The Labute approximate surface area is 161 Å². The van der Waals surface area contributed by atoms with Crippen LogP contribution >= 0.6 is 0 Å². The third kappa shape index (κ3) is 4.34. The molecular weight excluding hydrogens is 368 g/mol. The number of unbranched alkanes of at least 4 members (excludes halogenated alkanes) is 1. The van der Waals surface area contributed by atoms with Crippen LogP contribution in [-0.2, 0) is 19.5 Å². The second kappa shape index (κ2) is 8.26. The Morgan fingerprint density at radius 1 is 1.15 bits per heavy atom. The first-order valence-corrected chi connectivity index (χ1v) is 11.0. The van der Waals surface area contributed by atoms with E-state index in [4.69, 9.17) is 9.47 Å². The van der Waals surface area contributed by atoms with Crippen molar-refractivity contribution in [1.29, 1.82) is 0 Å². The molecule has 3 rings (SSSR count). The molecule has 0 unspecified atom stereocenters. The number of carbonyl (C=O) groups is 1. The lowest BCUT2D eigenvalue weighted by Crippen LogP contribution is -2.47. The van der Waals surface area contributed by atoms with Crippen LogP contribution in [0.2, 0.25) is 0 Å². The highest BCUT2D eigenvalue weighted by Gasteiger charge is 2.40. The zero-order valence-corrected chi connectivity index (χ0v) is 16.8. The van der Waals surface area contributed by atoms with Gasteiger partial charge in [0.2, 0.25) is 10.0 Å². The first kappa shape index (κ1) is 20.3. The molecule has 0 aliphatic carbocycles. The van der Waals surface area contributed by atoms with Gasteiger partial charge in [-0.15, -0.1) is 0 Å². The second-order valence-electron chi connectivity index (χ2n) is 7.10. The van der Waals surface area contributed by atoms with E-state index in [1.54, 1.807) is 24.1 Å². The maximum absolute atomic E-state index is 12.7. The molecule has 2 fully saturated rings. The number of nitrogens with zero attached hydrogens (tertiary/aromatic N) is 2. The van der Waals surface area contributed by atoms with E-state index in [9.17, 15) is 13.2 Å². The molecule has 0 bridgehead atoms. The summed E-state index contributed by atoms with van der Waals surface area (Å²) in [5.41, 5.74) is 0.495. The molecule has 7 nitrogen and oxygen atoms in total. The third-order valence-electron chi connectivity index (χ3n) is 5.26. The van der Waals surface area contributed by atoms with Crippen LogP contribution in [0.25, 0.3) is 0 Å². The second-order valence-corrected chi connectivity index (χ2v) is 9.15. The molecule has 2 heterocycles. The number of amides is 1. The number of piperidine rings is 1. The predicted molar refractivity (Wildman–Crippen MR) is 101 cm³/mol. The van der Waals surface area contributed by atoms with Crippen LogP contribution in [0, 0.1) is 0 Å². The van der Waals surface area contributed by atoms with Crippen molar-refractivity contribution in [3.05, 3.63) is 29.8 Å². The fourth-order valence-electron chi connectivity index (χ4n) is 3.47. The summed E-state index contributed by atoms with van der Waals surface area (Å²) >= 11 is 0. The van der Waals surface area contributed by atoms with Crippen molar-refractivity contribution in [2.75, 3.05) is 39.9 Å². The van der Waals surface area contributed by atoms with Crippen LogP contribution < -0.4 is 0 Å². The highest BCUT2D eigenvalue weighted by atomic mass is 32.2. The van der Waals surface area contributed by atoms with E-state index in [1.165, 1.54) is 16.4 Å². The molecule has 0 radical (unpaired) electrons. The quantitative estimate of drug-likeness (QED) is 0.736. The third-order valence-corrected chi connectivity index (χ3v) is 7.13. The minimum atomic E-state index is -3.52. The minimum absolute atomic E-state index is 0.0915. The Hall–Kier alpha value is -1.48. The van der Waals surface area contributed by atoms with E-state index in [2.05, 4.69) is 0 Å². The van der Waals surface area contributed by atoms with Gasteiger partial charge in [-0.05, 0) is 30.7 Å². The van der Waals surface area contributed by atoms with Crippen molar-refractivity contribution in [2.24, 2.45) is 0 Å². The molecule has 2 aliphatic rings. The number of benzene rings is 1. The van der Waals surface area contributed by atoms with Crippen LogP contribution in [0.4, 0.5) is 0 Å². The smallest absolute Gasteiger partial charge is 0.253 e. The van der Waals surface area contributed by atoms with E-state index < -0.39 is 15.8 Å². The molecule has 1 spiro atoms. The van der Waals surface area contributed by atoms with Crippen LogP contribution in [-0.4, -0.2) is 69.2 Å². The van der Waals surface area contributed by atoms with E-state index in [0.29, 0.717) is 51.3 Å². The molecule has 0 aromatic heterocycles. The van der Waals surface area contributed by atoms with E-state index in [-0.39, 0.29) is 10.8 Å². The van der Waals surface area contributed by atoms with Crippen LogP contribution in [0.1, 0.15) is 43.0 Å². The number of hydrogen-bond donors (Lipinski definition) is 0. The Morgan fingerprint density at radius 3 is 2.30 bits per heavy atom. The van der Waals surface area contributed by atoms with Crippen molar-refractivity contribution in [2.45, 2.75) is 43.3 Å². The van der Waals surface area contributed by atoms with Crippen molar-refractivity contribution in [3.8, 4) is 0 Å². The standard InChI is InChI=1S/C19H28N2O5S/c1-3-4-11-20(2)27(23,24)17-7-5-16(6-8-17)18(22)21-12-9-19(10-13-21)25-14-15-26-19/h5-8H,3-4,9-15H2,1-2H3. The summed E-state index contributed by atoms with van der Waals surface area (Å²) in [5.74, 6) is -0.608. The normalized spacial score (nSPS) is 19.7. The van der Waals surface area contributed by atoms with Crippen molar-refractivity contribution in [1.82, 2.24) is 9.21 Å². The summed E-state index contributed by atoms with van der Waals surface area (Å²) < 4.78 is 37.9. The SMILES string of the molecule is CCCCN(C)S(=O)(=O)c1ccc(C(=O)N2CCC3(CC2)OCCO3)cc1. The van der Waals surface area contributed by atoms with E-state index in [1.807, 2.05) is 6.92 Å². The van der Waals surface area contributed by atoms with Gasteiger partial charge in [0.1, 0.15) is 0 Å². The summed E-state index contributed by atoms with van der Waals surface area (Å²) in [6, 6.07) is 6.21. The molecule has 0 N–H and O–H groups in total. The lowest BCUT2D eigenvalue weighted by molar-refractivity contribution is -0.181. The molecule has 1 aromatic carbocycles. The molecule has 27 heavy (non-hydrogen) atoms. The zero-order chi connectivity index (χ0) is 19.5. The first-order valence-electron chi connectivity index (χ1n) is 9.51. The van der Waals surface area contributed by atoms with Gasteiger partial charge >= 0.3 is 0 Å². The lowest BCUT2D eigenvalue weighted by atomic mass is 10.0. The summed E-state index contributed by atoms with van der Waals surface area (Å²) in [6.45, 7) is 4.86. The fraction of sp³-hybridized carbons (Fsp3) is 0.632. The van der Waals surface area contributed by atoms with Gasteiger partial charge in [-0.25, -0.2) is 12.7 Å². The zero-order valence-electron chi connectivity index (χ0n) is 16.0. The summed E-state index contributed by atoms with van der Waals surface area (Å²) in [5, 5.41) is 0. The highest BCUT2D eigenvalue weighted by Crippen LogP contribution is 2.31. The molecule has 8 heteroatoms. The lowest BCUT2D eigenvalue weighted by Gasteiger charge is -2.37. The number of likely N-dealkylation sites (tertiary alicyclic amines) is 1. The van der Waals surface area contributed by atoms with Gasteiger partial charge in [0, 0.05) is 45.1 Å². The van der Waals surface area contributed by atoms with Gasteiger partial charge in [-0.3, -0.25) is 4.79 Å². The largest absolute Gasteiger partial charge is 0.347 e. The number of ether oxygens (including phenoxy) is 2. The fourth-order valence-corrected chi connectivity index (χ4v) is 4.68. The molecule has 2 aliphatic heterocycles. The van der Waals surface area contributed by atoms with Crippen LogP contribution in [0.5, 0.6) is 0 Å². The molecular formula is C19H28N2O5S. The summed E-state index contributed by atoms with van der Waals surface area (Å²) in [6.07, 6.45) is 3.07. The minimum Gasteiger partial charge on any atom is -0.347 e. The van der Waals surface area contributed by atoms with Crippen molar-refractivity contribution < 1.29 is 22.7 Å². The number of carbonyl (C=O) groups excluding carboxylic acids is 1. The molecule has 1 amide bonds. The molecule has 0 atom stereocenters. The van der Waals surface area contributed by atoms with Gasteiger partial charge in [0.25, 0.3) is 5.91 Å². The molecule has 0 saturated carbocycles. The predicted octanol–water partition coefficient (Wildman–Crippen LogP) is 2.09. The average Bonchev–Trinajstić information content (AvgIpc) is 3.14. The number of rotatable bonds is 6. The molecule has 150 valence electrons. The summed E-state index contributed by atoms with van der Waals surface area (Å²) in [7, 11) is -1.93. The van der Waals surface area contributed by atoms with Gasteiger partial charge in [-0.1, -0.05) is 13.3 Å². The Balaban J connectivity index is 1.64. The van der Waals surface area contributed by atoms with Gasteiger partial charge in [0.15, 0.2) is 5.79 Å². The average molecular weight is 397 g/mol. The maximum Gasteiger partial charge on any atom is 0.253 e. The van der Waals surface area contributed by atoms with E-state index in [0.717, 1.165) is 12.8 Å². The first-order chi connectivity index (χ1) is 12.9. The van der Waals surface area contributed by atoms with Crippen molar-refractivity contribution in [3.63, 3.8) is 0 Å². The molecule has 2 saturated heterocycles. The maximum atomic E-state index is 12.7. The number of hydrogen-bond acceptors (Lipinski definition) is 5. The van der Waals surface area contributed by atoms with Gasteiger partial charge in [-0.2, -0.15) is 0 Å². The van der Waals surface area contributed by atoms with Crippen molar-refractivity contribution >= 4 is 15.9 Å². The van der Waals surface area contributed by atoms with Gasteiger partial charge in [0.05, 0.1) is 18.1 Å². The van der Waals surface area contributed by atoms with E-state index >= 15 is 0 Å². The topological polar surface area (TPSA) is 76.2 Å². The monoisotopic (exact) mass is 396 g/mol. The Bertz CT molecular complexity index is 747. The highest BCUT2D eigenvalue weighted by molar-refractivity contribution is 7.89. The van der Waals surface area contributed by atoms with Crippen LogP contribution in [0.3, 0.4) is 0 Å².